The van der Waals surface area contributed by atoms with Crippen LogP contribution in [0.1, 0.15) is 43.4 Å². The number of benzene rings is 2. The first-order valence-corrected chi connectivity index (χ1v) is 9.86. The minimum Gasteiger partial charge on any atom is -0.495 e. The predicted molar refractivity (Wildman–Crippen MR) is 112 cm³/mol. The van der Waals surface area contributed by atoms with E-state index < -0.39 is 0 Å². The van der Waals surface area contributed by atoms with Crippen LogP contribution >= 0.6 is 0 Å². The molecule has 0 saturated carbocycles. The first-order valence-electron chi connectivity index (χ1n) is 9.86. The van der Waals surface area contributed by atoms with Crippen molar-refractivity contribution in [2.75, 3.05) is 32.2 Å². The van der Waals surface area contributed by atoms with Gasteiger partial charge in [0.15, 0.2) is 0 Å². The number of hydrogen-bond donors (Lipinski definition) is 2. The fourth-order valence-electron chi connectivity index (χ4n) is 4.25. The highest BCUT2D eigenvalue weighted by Gasteiger charge is 2.39. The number of nitrogens with zero attached hydrogens (tertiary/aromatic N) is 1. The van der Waals surface area contributed by atoms with Gasteiger partial charge in [-0.25, -0.2) is 0 Å². The number of methoxy groups -OCH3 is 1. The fraction of sp³-hybridized carbons (Fsp3) is 0.478. The van der Waals surface area contributed by atoms with Gasteiger partial charge in [-0.2, -0.15) is 0 Å². The van der Waals surface area contributed by atoms with E-state index in [1.165, 1.54) is 11.1 Å². The summed E-state index contributed by atoms with van der Waals surface area (Å²) < 4.78 is 5.69. The van der Waals surface area contributed by atoms with Crippen LogP contribution in [0.5, 0.6) is 5.75 Å². The molecule has 3 atom stereocenters. The fourth-order valence-corrected chi connectivity index (χ4v) is 4.25. The number of aliphatic hydroxyl groups excluding tert-OH is 1. The van der Waals surface area contributed by atoms with E-state index in [2.05, 4.69) is 79.6 Å². The van der Waals surface area contributed by atoms with Gasteiger partial charge in [-0.05, 0) is 41.5 Å². The summed E-state index contributed by atoms with van der Waals surface area (Å²) in [4.78, 5) is 2.35. The largest absolute Gasteiger partial charge is 0.495 e. The Labute approximate surface area is 163 Å². The van der Waals surface area contributed by atoms with Gasteiger partial charge >= 0.3 is 0 Å². The third-order valence-corrected chi connectivity index (χ3v) is 5.78. The number of hydrogen-bond acceptors (Lipinski definition) is 4. The lowest BCUT2D eigenvalue weighted by atomic mass is 9.90. The van der Waals surface area contributed by atoms with Gasteiger partial charge in [0, 0.05) is 20.2 Å². The summed E-state index contributed by atoms with van der Waals surface area (Å²) in [5.41, 5.74) is 3.70. The second-order valence-corrected chi connectivity index (χ2v) is 7.76. The maximum atomic E-state index is 9.60. The first kappa shape index (κ1) is 19.7. The number of ether oxygens (including phenoxy) is 1. The molecule has 27 heavy (non-hydrogen) atoms. The molecular weight excluding hydrogens is 336 g/mol. The molecule has 1 fully saturated rings. The zero-order chi connectivity index (χ0) is 19.4. The molecule has 1 heterocycles. The van der Waals surface area contributed by atoms with E-state index in [0.29, 0.717) is 11.8 Å². The van der Waals surface area contributed by atoms with Gasteiger partial charge in [0.05, 0.1) is 24.9 Å². The van der Waals surface area contributed by atoms with E-state index in [1.807, 2.05) is 0 Å². The molecule has 0 radical (unpaired) electrons. The quantitative estimate of drug-likeness (QED) is 0.776. The Bertz CT molecular complexity index is 732. The van der Waals surface area contributed by atoms with Crippen molar-refractivity contribution in [2.24, 2.45) is 5.92 Å². The molecule has 0 spiro atoms. The molecule has 4 nitrogen and oxygen atoms in total. The number of nitrogens with one attached hydrogen (secondary N) is 1. The van der Waals surface area contributed by atoms with Crippen LogP contribution in [-0.4, -0.2) is 38.5 Å². The third kappa shape index (κ3) is 4.12. The summed E-state index contributed by atoms with van der Waals surface area (Å²) in [6, 6.07) is 17.5. The second kappa shape index (κ2) is 8.77. The molecule has 1 aliphatic heterocycles. The topological polar surface area (TPSA) is 44.7 Å². The van der Waals surface area contributed by atoms with Gasteiger partial charge in [-0.3, -0.25) is 0 Å². The Morgan fingerprint density at radius 3 is 2.56 bits per heavy atom. The molecule has 1 aliphatic rings. The van der Waals surface area contributed by atoms with E-state index in [-0.39, 0.29) is 18.7 Å². The molecule has 3 rings (SSSR count). The van der Waals surface area contributed by atoms with Crippen LogP contribution in [0.4, 0.5) is 5.69 Å². The zero-order valence-electron chi connectivity index (χ0n) is 16.9. The average Bonchev–Trinajstić information content (AvgIpc) is 3.11. The maximum Gasteiger partial charge on any atom is 0.142 e. The Kier molecular flexibility index (Phi) is 6.40. The summed E-state index contributed by atoms with van der Waals surface area (Å²) in [5.74, 6) is 1.73. The van der Waals surface area contributed by atoms with E-state index in [9.17, 15) is 5.11 Å². The van der Waals surface area contributed by atoms with Crippen molar-refractivity contribution in [3.63, 3.8) is 0 Å². The van der Waals surface area contributed by atoms with E-state index in [0.717, 1.165) is 24.4 Å². The molecular formula is C23H32N2O2. The number of likely N-dealkylation sites (N-methyl/N-ethyl adjacent to an activating group) is 1. The Hall–Kier alpha value is -2.04. The average molecular weight is 369 g/mol. The number of rotatable bonds is 7. The molecule has 0 amide bonds. The molecule has 0 aromatic heterocycles. The van der Waals surface area contributed by atoms with Gasteiger partial charge in [0.2, 0.25) is 0 Å². The highest BCUT2D eigenvalue weighted by atomic mass is 16.5. The molecule has 146 valence electrons. The van der Waals surface area contributed by atoms with Gasteiger partial charge in [-0.1, -0.05) is 50.2 Å². The van der Waals surface area contributed by atoms with Crippen molar-refractivity contribution in [2.45, 2.75) is 38.3 Å². The smallest absolute Gasteiger partial charge is 0.142 e. The van der Waals surface area contributed by atoms with Crippen molar-refractivity contribution < 1.29 is 9.84 Å². The molecule has 2 aromatic carbocycles. The van der Waals surface area contributed by atoms with Crippen LogP contribution in [0.15, 0.2) is 48.5 Å². The minimum atomic E-state index is 0.210. The molecule has 2 aromatic rings. The van der Waals surface area contributed by atoms with Crippen LogP contribution in [0.3, 0.4) is 0 Å². The van der Waals surface area contributed by atoms with E-state index in [4.69, 9.17) is 4.74 Å². The van der Waals surface area contributed by atoms with Gasteiger partial charge in [0.1, 0.15) is 5.75 Å². The van der Waals surface area contributed by atoms with Crippen LogP contribution in [0.25, 0.3) is 0 Å². The van der Waals surface area contributed by atoms with Gasteiger partial charge < -0.3 is 20.1 Å². The van der Waals surface area contributed by atoms with Crippen LogP contribution in [0.2, 0.25) is 0 Å². The highest BCUT2D eigenvalue weighted by molar-refractivity contribution is 5.61. The van der Waals surface area contributed by atoms with Gasteiger partial charge in [-0.15, -0.1) is 0 Å². The van der Waals surface area contributed by atoms with Crippen molar-refractivity contribution in [1.82, 2.24) is 5.32 Å². The van der Waals surface area contributed by atoms with Crippen molar-refractivity contribution >= 4 is 5.69 Å². The first-order chi connectivity index (χ1) is 13.1. The summed E-state index contributed by atoms with van der Waals surface area (Å²) in [7, 11) is 3.88. The summed E-state index contributed by atoms with van der Waals surface area (Å²) in [6.07, 6.45) is 0.789. The summed E-state index contributed by atoms with van der Waals surface area (Å²) in [5, 5.41) is 13.3. The third-order valence-electron chi connectivity index (χ3n) is 5.78. The van der Waals surface area contributed by atoms with Crippen LogP contribution in [-0.2, 0) is 0 Å². The van der Waals surface area contributed by atoms with E-state index in [1.54, 1.807) is 7.11 Å². The molecule has 1 saturated heterocycles. The molecule has 3 unspecified atom stereocenters. The van der Waals surface area contributed by atoms with Gasteiger partial charge in [0.25, 0.3) is 0 Å². The highest BCUT2D eigenvalue weighted by Crippen LogP contribution is 2.39. The lowest BCUT2D eigenvalue weighted by Gasteiger charge is -2.36. The lowest BCUT2D eigenvalue weighted by Crippen LogP contribution is -2.40. The van der Waals surface area contributed by atoms with Crippen molar-refractivity contribution in [3.8, 4) is 5.75 Å². The lowest BCUT2D eigenvalue weighted by molar-refractivity contribution is 0.252. The second-order valence-electron chi connectivity index (χ2n) is 7.76. The van der Waals surface area contributed by atoms with Crippen molar-refractivity contribution in [3.05, 3.63) is 59.7 Å². The summed E-state index contributed by atoms with van der Waals surface area (Å²) >= 11 is 0. The Morgan fingerprint density at radius 1 is 1.19 bits per heavy atom. The standard InChI is InChI=1S/C23H32N2O2/c1-16(2)18-10-11-21(27-4)20(14-18)25(3)23-19(12-13-26)15-24-22(23)17-8-6-5-7-9-17/h5-11,14,16,19,22-24,26H,12-13,15H2,1-4H3. The SMILES string of the molecule is COc1ccc(C(C)C)cc1N(C)C1C(CCO)CNC1c1ccccc1. The predicted octanol–water partition coefficient (Wildman–Crippen LogP) is 3.97. The number of aliphatic hydroxyl groups is 1. The summed E-state index contributed by atoms with van der Waals surface area (Å²) in [6.45, 7) is 5.54. The molecule has 2 N–H and O–H groups in total. The minimum absolute atomic E-state index is 0.210. The molecule has 0 bridgehead atoms. The maximum absolute atomic E-state index is 9.60. The van der Waals surface area contributed by atoms with Crippen molar-refractivity contribution in [1.29, 1.82) is 0 Å². The van der Waals surface area contributed by atoms with Crippen LogP contribution < -0.4 is 15.0 Å². The normalized spacial score (nSPS) is 22.2. The Morgan fingerprint density at radius 2 is 1.93 bits per heavy atom. The molecule has 0 aliphatic carbocycles. The monoisotopic (exact) mass is 368 g/mol. The Balaban J connectivity index is 2.00. The molecule has 4 heteroatoms. The van der Waals surface area contributed by atoms with E-state index >= 15 is 0 Å². The zero-order valence-corrected chi connectivity index (χ0v) is 16.9. The number of anilines is 1. The van der Waals surface area contributed by atoms with Crippen LogP contribution in [0, 0.1) is 5.92 Å².